The summed E-state index contributed by atoms with van der Waals surface area (Å²) in [4.78, 5) is 0. The number of rotatable bonds is 32. The second kappa shape index (κ2) is 36.2. The molecule has 0 bridgehead atoms. The molecule has 39 heavy (non-hydrogen) atoms. The summed E-state index contributed by atoms with van der Waals surface area (Å²) in [6.45, 7) is 6.62. The normalized spacial score (nSPS) is 11.5. The Morgan fingerprint density at radius 2 is 0.513 bits per heavy atom. The number of quaternary nitrogens is 1. The Balaban J connectivity index is 0. The number of nitrogens with zero attached hydrogens (tertiary/aromatic N) is 1. The average Bonchev–Trinajstić information content (AvgIpc) is 2.97. The highest BCUT2D eigenvalue weighted by Crippen LogP contribution is 2.17. The van der Waals surface area contributed by atoms with Crippen LogP contribution in [0.15, 0.2) is 0 Å². The molecule has 2 N–H and O–H groups in total. The SMILES string of the molecule is CCCCCCCCCCCCCCCCCC[N+](CO)(CO)CCCCCCCCCCCCCC.CCl. The van der Waals surface area contributed by atoms with Gasteiger partial charge in [0, 0.05) is 6.38 Å². The first-order valence-electron chi connectivity index (χ1n) is 17.7. The van der Waals surface area contributed by atoms with Crippen molar-refractivity contribution in [1.29, 1.82) is 0 Å². The Labute approximate surface area is 252 Å². The van der Waals surface area contributed by atoms with E-state index >= 15 is 0 Å². The second-order valence-corrected chi connectivity index (χ2v) is 12.3. The molecular formula is C35H75ClNO2+. The van der Waals surface area contributed by atoms with Crippen LogP contribution in [-0.4, -0.2) is 47.6 Å². The Morgan fingerprint density at radius 3 is 0.692 bits per heavy atom. The van der Waals surface area contributed by atoms with Crippen molar-refractivity contribution in [3.05, 3.63) is 0 Å². The zero-order valence-corrected chi connectivity index (χ0v) is 28.1. The summed E-state index contributed by atoms with van der Waals surface area (Å²) in [6.07, 6.45) is 39.9. The largest absolute Gasteiger partial charge is 0.347 e. The minimum Gasteiger partial charge on any atom is -0.347 e. The molecule has 238 valence electrons. The molecule has 0 spiro atoms. The summed E-state index contributed by atoms with van der Waals surface area (Å²) in [6, 6.07) is 0. The van der Waals surface area contributed by atoms with Crippen molar-refractivity contribution in [3.63, 3.8) is 0 Å². The molecule has 0 aromatic heterocycles. The first-order valence-corrected chi connectivity index (χ1v) is 18.4. The van der Waals surface area contributed by atoms with Gasteiger partial charge in [-0.05, 0) is 25.7 Å². The summed E-state index contributed by atoms with van der Waals surface area (Å²) in [5.41, 5.74) is 0. The van der Waals surface area contributed by atoms with Crippen molar-refractivity contribution in [2.75, 3.05) is 32.9 Å². The molecule has 3 nitrogen and oxygen atoms in total. The maximum absolute atomic E-state index is 9.99. The van der Waals surface area contributed by atoms with Gasteiger partial charge in [0.05, 0.1) is 13.1 Å². The third-order valence-corrected chi connectivity index (χ3v) is 8.57. The third kappa shape index (κ3) is 30.9. The summed E-state index contributed by atoms with van der Waals surface area (Å²) in [7, 11) is 0. The van der Waals surface area contributed by atoms with Crippen LogP contribution in [0.4, 0.5) is 0 Å². The number of alkyl halides is 1. The van der Waals surface area contributed by atoms with Gasteiger partial charge in [-0.2, -0.15) is 0 Å². The van der Waals surface area contributed by atoms with Crippen LogP contribution in [0.5, 0.6) is 0 Å². The number of aliphatic hydroxyl groups excluding tert-OH is 2. The number of aliphatic hydroxyl groups is 2. The maximum Gasteiger partial charge on any atom is 0.182 e. The first-order chi connectivity index (χ1) is 19.2. The fraction of sp³-hybridized carbons (Fsp3) is 1.00. The smallest absolute Gasteiger partial charge is 0.182 e. The maximum atomic E-state index is 9.99. The molecule has 0 heterocycles. The van der Waals surface area contributed by atoms with Gasteiger partial charge >= 0.3 is 0 Å². The van der Waals surface area contributed by atoms with Crippen molar-refractivity contribution in [1.82, 2.24) is 0 Å². The molecule has 4 heteroatoms. The minimum absolute atomic E-state index is 0.0905. The zero-order valence-electron chi connectivity index (χ0n) is 27.3. The Morgan fingerprint density at radius 1 is 0.333 bits per heavy atom. The van der Waals surface area contributed by atoms with Crippen LogP contribution in [0.1, 0.15) is 194 Å². The molecule has 0 fully saturated rings. The highest BCUT2D eigenvalue weighted by Gasteiger charge is 2.24. The molecule has 0 aliphatic heterocycles. The second-order valence-electron chi connectivity index (χ2n) is 12.3. The van der Waals surface area contributed by atoms with E-state index in [1.807, 2.05) is 0 Å². The lowest BCUT2D eigenvalue weighted by molar-refractivity contribution is -0.961. The van der Waals surface area contributed by atoms with Crippen LogP contribution in [0, 0.1) is 0 Å². The predicted molar refractivity (Wildman–Crippen MR) is 177 cm³/mol. The van der Waals surface area contributed by atoms with Crippen molar-refractivity contribution in [2.45, 2.75) is 194 Å². The van der Waals surface area contributed by atoms with Gasteiger partial charge < -0.3 is 10.2 Å². The molecular weight excluding hydrogens is 502 g/mol. The summed E-state index contributed by atoms with van der Waals surface area (Å²) >= 11 is 4.64. The topological polar surface area (TPSA) is 40.5 Å². The van der Waals surface area contributed by atoms with E-state index < -0.39 is 0 Å². The lowest BCUT2D eigenvalue weighted by Crippen LogP contribution is -2.50. The Kier molecular flexibility index (Phi) is 38.3. The van der Waals surface area contributed by atoms with Gasteiger partial charge in [0.15, 0.2) is 13.5 Å². The quantitative estimate of drug-likeness (QED) is 0.0361. The van der Waals surface area contributed by atoms with Crippen molar-refractivity contribution < 1.29 is 14.7 Å². The number of unbranched alkanes of at least 4 members (excludes halogenated alkanes) is 26. The molecule has 0 amide bonds. The molecule has 0 aliphatic rings. The van der Waals surface area contributed by atoms with Gasteiger partial charge in [-0.3, -0.25) is 4.48 Å². The van der Waals surface area contributed by atoms with Crippen LogP contribution in [0.25, 0.3) is 0 Å². The predicted octanol–water partition coefficient (Wildman–Crippen LogP) is 11.5. The molecule has 0 saturated carbocycles. The van der Waals surface area contributed by atoms with Gasteiger partial charge in [-0.1, -0.05) is 168 Å². The van der Waals surface area contributed by atoms with Crippen LogP contribution in [-0.2, 0) is 0 Å². The van der Waals surface area contributed by atoms with Gasteiger partial charge in [0.25, 0.3) is 0 Å². The van der Waals surface area contributed by atoms with Crippen LogP contribution in [0.2, 0.25) is 0 Å². The Bertz CT molecular complexity index is 417. The molecule has 0 atom stereocenters. The number of hydrogen-bond donors (Lipinski definition) is 2. The molecule has 0 rings (SSSR count). The monoisotopic (exact) mass is 577 g/mol. The fourth-order valence-corrected chi connectivity index (χ4v) is 5.72. The number of hydrogen-bond acceptors (Lipinski definition) is 2. The summed E-state index contributed by atoms with van der Waals surface area (Å²) < 4.78 is 0.496. The van der Waals surface area contributed by atoms with Crippen LogP contribution in [0.3, 0.4) is 0 Å². The van der Waals surface area contributed by atoms with E-state index in [0.29, 0.717) is 4.48 Å². The Hall–Kier alpha value is 0.170. The van der Waals surface area contributed by atoms with Crippen LogP contribution >= 0.6 is 11.6 Å². The van der Waals surface area contributed by atoms with Gasteiger partial charge in [0.1, 0.15) is 0 Å². The lowest BCUT2D eigenvalue weighted by Gasteiger charge is -2.34. The van der Waals surface area contributed by atoms with Crippen molar-refractivity contribution in [3.8, 4) is 0 Å². The van der Waals surface area contributed by atoms with E-state index in [9.17, 15) is 10.2 Å². The molecule has 0 unspecified atom stereocenters. The minimum atomic E-state index is 0.0905. The lowest BCUT2D eigenvalue weighted by atomic mass is 10.0. The van der Waals surface area contributed by atoms with E-state index in [0.717, 1.165) is 25.9 Å². The molecule has 0 aromatic rings. The third-order valence-electron chi connectivity index (χ3n) is 8.57. The van der Waals surface area contributed by atoms with Crippen molar-refractivity contribution >= 4 is 11.6 Å². The highest BCUT2D eigenvalue weighted by atomic mass is 35.5. The molecule has 0 aromatic carbocycles. The summed E-state index contributed by atoms with van der Waals surface area (Å²) in [5.74, 6) is 0. The molecule has 0 radical (unpaired) electrons. The van der Waals surface area contributed by atoms with E-state index in [1.54, 1.807) is 0 Å². The standard InChI is InChI=1S/C34H72NO2.CH3Cl/c1-3-5-7-9-11-13-15-17-18-19-20-22-24-26-28-30-32-35(33-36,34-37)31-29-27-25-23-21-16-14-12-10-8-6-4-2;1-2/h36-37H,3-34H2,1-2H3;1H3/q+1;. The summed E-state index contributed by atoms with van der Waals surface area (Å²) in [5, 5.41) is 20.0. The highest BCUT2D eigenvalue weighted by molar-refractivity contribution is 6.15. The van der Waals surface area contributed by atoms with Gasteiger partial charge in [-0.15, -0.1) is 11.6 Å². The van der Waals surface area contributed by atoms with Gasteiger partial charge in [0.2, 0.25) is 0 Å². The van der Waals surface area contributed by atoms with E-state index in [4.69, 9.17) is 0 Å². The van der Waals surface area contributed by atoms with Crippen LogP contribution < -0.4 is 0 Å². The zero-order chi connectivity index (χ0) is 29.1. The van der Waals surface area contributed by atoms with Crippen molar-refractivity contribution in [2.24, 2.45) is 0 Å². The van der Waals surface area contributed by atoms with Gasteiger partial charge in [-0.25, -0.2) is 0 Å². The molecule has 0 aliphatic carbocycles. The fourth-order valence-electron chi connectivity index (χ4n) is 5.72. The average molecular weight is 577 g/mol. The first kappa shape index (κ1) is 41.3. The van der Waals surface area contributed by atoms with E-state index in [-0.39, 0.29) is 13.5 Å². The number of halogens is 1. The van der Waals surface area contributed by atoms with E-state index in [2.05, 4.69) is 25.4 Å². The molecule has 0 saturated heterocycles. The van der Waals surface area contributed by atoms with E-state index in [1.165, 1.54) is 173 Å².